The van der Waals surface area contributed by atoms with E-state index in [0.717, 1.165) is 56.4 Å². The first-order valence-corrected chi connectivity index (χ1v) is 15.7. The third-order valence-electron chi connectivity index (χ3n) is 8.23. The van der Waals surface area contributed by atoms with Crippen LogP contribution >= 0.6 is 0 Å². The molecule has 0 fully saturated rings. The number of hydrogen-bond acceptors (Lipinski definition) is 10. The molecule has 7 rings (SSSR count). The second-order valence-electron chi connectivity index (χ2n) is 11.2. The Labute approximate surface area is 296 Å². The number of benzene rings is 5. The Balaban J connectivity index is 0.00000448. The summed E-state index contributed by atoms with van der Waals surface area (Å²) in [6.45, 7) is 0. The molecule has 0 saturated carbocycles. The molecule has 10 heteroatoms. The van der Waals surface area contributed by atoms with Crippen molar-refractivity contribution in [2.75, 3.05) is 28.4 Å². The van der Waals surface area contributed by atoms with E-state index in [9.17, 15) is 0 Å². The summed E-state index contributed by atoms with van der Waals surface area (Å²) in [6, 6.07) is 38.5. The molecule has 0 aliphatic heterocycles. The molecule has 0 N–H and O–H groups in total. The van der Waals surface area contributed by atoms with E-state index < -0.39 is 0 Å². The van der Waals surface area contributed by atoms with Crippen molar-refractivity contribution in [3.8, 4) is 90.8 Å². The van der Waals surface area contributed by atoms with E-state index in [2.05, 4.69) is 20.4 Å². The highest BCUT2D eigenvalue weighted by Gasteiger charge is 2.18. The molecule has 7 aromatic rings. The fourth-order valence-electron chi connectivity index (χ4n) is 5.45. The average Bonchev–Trinajstić information content (AvgIpc) is 3.20. The molecule has 10 nitrogen and oxygen atoms in total. The Morgan fingerprint density at radius 3 is 0.784 bits per heavy atom. The third kappa shape index (κ3) is 7.20. The Hall–Kier alpha value is -6.68. The molecule has 254 valence electrons. The molecule has 51 heavy (non-hydrogen) atoms. The first kappa shape index (κ1) is 34.2. The number of methoxy groups -OCH3 is 4. The van der Waals surface area contributed by atoms with Crippen LogP contribution in [0.25, 0.3) is 67.8 Å². The summed E-state index contributed by atoms with van der Waals surface area (Å²) in [6.07, 6.45) is 0. The molecule has 2 aromatic heterocycles. The van der Waals surface area contributed by atoms with E-state index in [-0.39, 0.29) is 7.43 Å². The van der Waals surface area contributed by atoms with Gasteiger partial charge in [-0.3, -0.25) is 0 Å². The molecule has 5 aromatic carbocycles. The van der Waals surface area contributed by atoms with Gasteiger partial charge in [0, 0.05) is 33.4 Å². The zero-order chi connectivity index (χ0) is 34.5. The number of hydrogen-bond donors (Lipinski definition) is 0. The van der Waals surface area contributed by atoms with Crippen molar-refractivity contribution < 1.29 is 18.9 Å². The van der Waals surface area contributed by atoms with E-state index in [1.54, 1.807) is 28.4 Å². The van der Waals surface area contributed by atoms with Gasteiger partial charge in [0.05, 0.1) is 28.4 Å². The lowest BCUT2D eigenvalue weighted by atomic mass is 10.0. The van der Waals surface area contributed by atoms with Gasteiger partial charge in [-0.25, -0.2) is 9.97 Å². The van der Waals surface area contributed by atoms with Crippen LogP contribution in [0.2, 0.25) is 0 Å². The highest BCUT2D eigenvalue weighted by molar-refractivity contribution is 5.81. The molecular weight excluding hydrogens is 640 g/mol. The maximum Gasteiger partial charge on any atom is 0.182 e. The van der Waals surface area contributed by atoms with E-state index in [1.165, 1.54) is 0 Å². The Morgan fingerprint density at radius 1 is 0.294 bits per heavy atom. The van der Waals surface area contributed by atoms with Gasteiger partial charge in [-0.05, 0) is 97.1 Å². The zero-order valence-electron chi connectivity index (χ0n) is 27.9. The second-order valence-corrected chi connectivity index (χ2v) is 11.2. The maximum atomic E-state index is 5.38. The van der Waals surface area contributed by atoms with Crippen LogP contribution in [-0.2, 0) is 0 Å². The second kappa shape index (κ2) is 15.3. The molecule has 0 radical (unpaired) electrons. The Kier molecular flexibility index (Phi) is 10.2. The SMILES string of the molecule is C.COc1ccc(-c2nnc(-c3ccc(-c4nnc(-c5ccc(OC)cc5)c(-c5ccc(OC)cc5)n4)cc3)nc2-c2ccc(OC)cc2)cc1. The minimum Gasteiger partial charge on any atom is -0.497 e. The van der Waals surface area contributed by atoms with Gasteiger partial charge in [0.1, 0.15) is 45.8 Å². The fourth-order valence-corrected chi connectivity index (χ4v) is 5.45. The summed E-state index contributed by atoms with van der Waals surface area (Å²) in [5, 5.41) is 18.4. The number of nitrogens with zero attached hydrogens (tertiary/aromatic N) is 6. The highest BCUT2D eigenvalue weighted by atomic mass is 16.5. The largest absolute Gasteiger partial charge is 0.497 e. The lowest BCUT2D eigenvalue weighted by Gasteiger charge is -2.12. The van der Waals surface area contributed by atoms with Gasteiger partial charge in [-0.15, -0.1) is 20.4 Å². The number of aromatic nitrogens is 6. The average molecular weight is 677 g/mol. The fraction of sp³-hybridized carbons (Fsp3) is 0.122. The van der Waals surface area contributed by atoms with Crippen molar-refractivity contribution in [1.82, 2.24) is 30.4 Å². The summed E-state index contributed by atoms with van der Waals surface area (Å²) < 4.78 is 21.5. The van der Waals surface area contributed by atoms with Gasteiger partial charge < -0.3 is 18.9 Å². The molecule has 0 aliphatic carbocycles. The lowest BCUT2D eigenvalue weighted by Crippen LogP contribution is -2.01. The lowest BCUT2D eigenvalue weighted by molar-refractivity contribution is 0.414. The molecule has 0 aliphatic rings. The van der Waals surface area contributed by atoms with Crippen molar-refractivity contribution >= 4 is 0 Å². The normalized spacial score (nSPS) is 10.6. The molecule has 0 saturated heterocycles. The first-order valence-electron chi connectivity index (χ1n) is 15.7. The van der Waals surface area contributed by atoms with Crippen LogP contribution in [0.5, 0.6) is 23.0 Å². The molecular formula is C41H36N6O4. The minimum atomic E-state index is 0. The number of rotatable bonds is 10. The number of ether oxygens (including phenoxy) is 4. The Bertz CT molecular complexity index is 2060. The Morgan fingerprint density at radius 2 is 0.529 bits per heavy atom. The van der Waals surface area contributed by atoms with Gasteiger partial charge in [-0.2, -0.15) is 0 Å². The van der Waals surface area contributed by atoms with Gasteiger partial charge >= 0.3 is 0 Å². The van der Waals surface area contributed by atoms with Gasteiger partial charge in [-0.1, -0.05) is 31.7 Å². The van der Waals surface area contributed by atoms with Crippen LogP contribution < -0.4 is 18.9 Å². The quantitative estimate of drug-likeness (QED) is 0.139. The first-order chi connectivity index (χ1) is 24.6. The van der Waals surface area contributed by atoms with Crippen LogP contribution in [0.15, 0.2) is 121 Å². The zero-order valence-corrected chi connectivity index (χ0v) is 27.9. The van der Waals surface area contributed by atoms with Crippen molar-refractivity contribution in [2.24, 2.45) is 0 Å². The van der Waals surface area contributed by atoms with Crippen molar-refractivity contribution in [3.63, 3.8) is 0 Å². The van der Waals surface area contributed by atoms with Crippen LogP contribution in [0, 0.1) is 0 Å². The highest BCUT2D eigenvalue weighted by Crippen LogP contribution is 2.34. The van der Waals surface area contributed by atoms with Crippen molar-refractivity contribution in [2.45, 2.75) is 7.43 Å². The monoisotopic (exact) mass is 676 g/mol. The molecule has 0 bridgehead atoms. The van der Waals surface area contributed by atoms with E-state index in [1.807, 2.05) is 121 Å². The summed E-state index contributed by atoms with van der Waals surface area (Å²) in [5.74, 6) is 3.97. The standard InChI is InChI=1S/C40H32N6O4.CH4/c1-47-31-17-9-25(10-18-31)35-37(27-13-21-33(49-3)22-14-27)43-45-39(41-35)29-5-7-30(8-6-29)40-42-36(26-11-19-32(48-2)20-12-26)38(44-46-40)28-15-23-34(50-4)24-16-28;/h5-24H,1-4H3;1H4. The van der Waals surface area contributed by atoms with Crippen LogP contribution in [0.1, 0.15) is 7.43 Å². The van der Waals surface area contributed by atoms with Gasteiger partial charge in [0.15, 0.2) is 11.6 Å². The van der Waals surface area contributed by atoms with Crippen molar-refractivity contribution in [3.05, 3.63) is 121 Å². The van der Waals surface area contributed by atoms with Crippen LogP contribution in [-0.4, -0.2) is 58.8 Å². The van der Waals surface area contributed by atoms with Crippen LogP contribution in [0.4, 0.5) is 0 Å². The van der Waals surface area contributed by atoms with Gasteiger partial charge in [0.2, 0.25) is 0 Å². The maximum absolute atomic E-state index is 5.38. The molecule has 0 amide bonds. The molecule has 2 heterocycles. The topological polar surface area (TPSA) is 114 Å². The predicted octanol–water partition coefficient (Wildman–Crippen LogP) is 8.73. The summed E-state index contributed by atoms with van der Waals surface area (Å²) in [7, 11) is 6.56. The summed E-state index contributed by atoms with van der Waals surface area (Å²) >= 11 is 0. The molecule has 0 unspecified atom stereocenters. The molecule has 0 atom stereocenters. The van der Waals surface area contributed by atoms with Crippen molar-refractivity contribution in [1.29, 1.82) is 0 Å². The van der Waals surface area contributed by atoms with E-state index in [0.29, 0.717) is 34.4 Å². The smallest absolute Gasteiger partial charge is 0.182 e. The van der Waals surface area contributed by atoms with Crippen LogP contribution in [0.3, 0.4) is 0 Å². The molecule has 0 spiro atoms. The summed E-state index contributed by atoms with van der Waals surface area (Å²) in [4.78, 5) is 10.0. The van der Waals surface area contributed by atoms with E-state index in [4.69, 9.17) is 28.9 Å². The predicted molar refractivity (Wildman–Crippen MR) is 199 cm³/mol. The van der Waals surface area contributed by atoms with Gasteiger partial charge in [0.25, 0.3) is 0 Å². The van der Waals surface area contributed by atoms with E-state index >= 15 is 0 Å². The third-order valence-corrected chi connectivity index (χ3v) is 8.23. The minimum absolute atomic E-state index is 0. The summed E-state index contributed by atoms with van der Waals surface area (Å²) in [5.41, 5.74) is 7.77.